The number of carbonyl (C=O) groups is 1. The van der Waals surface area contributed by atoms with Crippen LogP contribution in [0, 0.1) is 6.92 Å². The number of ether oxygens (including phenoxy) is 2. The van der Waals surface area contributed by atoms with E-state index in [2.05, 4.69) is 4.98 Å². The molecule has 126 valence electrons. The van der Waals surface area contributed by atoms with Gasteiger partial charge in [-0.15, -0.1) is 0 Å². The lowest BCUT2D eigenvalue weighted by molar-refractivity contribution is 0.0370. The van der Waals surface area contributed by atoms with E-state index < -0.39 is 12.1 Å². The quantitative estimate of drug-likeness (QED) is 0.652. The van der Waals surface area contributed by atoms with Crippen molar-refractivity contribution >= 4 is 5.97 Å². The van der Waals surface area contributed by atoms with Crippen LogP contribution >= 0.6 is 0 Å². The van der Waals surface area contributed by atoms with Crippen LogP contribution in [-0.4, -0.2) is 18.1 Å². The highest BCUT2D eigenvalue weighted by atomic mass is 16.5. The van der Waals surface area contributed by atoms with Crippen molar-refractivity contribution in [1.82, 2.24) is 4.98 Å². The number of hydrogen-bond acceptors (Lipinski definition) is 4. The highest BCUT2D eigenvalue weighted by Crippen LogP contribution is 2.27. The van der Waals surface area contributed by atoms with Gasteiger partial charge in [0.15, 0.2) is 6.10 Å². The lowest BCUT2D eigenvalue weighted by Gasteiger charge is -2.18. The van der Waals surface area contributed by atoms with E-state index in [1.54, 1.807) is 25.4 Å². The third-order valence-corrected chi connectivity index (χ3v) is 3.93. The second-order valence-electron chi connectivity index (χ2n) is 5.64. The van der Waals surface area contributed by atoms with Crippen molar-refractivity contribution in [3.63, 3.8) is 0 Å². The van der Waals surface area contributed by atoms with Gasteiger partial charge in [-0.2, -0.15) is 0 Å². The summed E-state index contributed by atoms with van der Waals surface area (Å²) in [7, 11) is 1.58. The van der Waals surface area contributed by atoms with Crippen LogP contribution in [-0.2, 0) is 4.74 Å². The van der Waals surface area contributed by atoms with E-state index in [0.717, 1.165) is 11.1 Å². The minimum Gasteiger partial charge on any atom is -0.496 e. The molecule has 4 nitrogen and oxygen atoms in total. The Hall–Kier alpha value is -3.14. The van der Waals surface area contributed by atoms with Crippen molar-refractivity contribution in [2.75, 3.05) is 7.11 Å². The topological polar surface area (TPSA) is 48.4 Å². The first kappa shape index (κ1) is 16.7. The monoisotopic (exact) mass is 333 g/mol. The lowest BCUT2D eigenvalue weighted by Crippen LogP contribution is -2.14. The van der Waals surface area contributed by atoms with Crippen LogP contribution < -0.4 is 4.74 Å². The predicted octanol–water partition coefficient (Wildman–Crippen LogP) is 4.35. The Kier molecular flexibility index (Phi) is 5.09. The van der Waals surface area contributed by atoms with Gasteiger partial charge in [0.05, 0.1) is 18.4 Å². The van der Waals surface area contributed by atoms with Gasteiger partial charge in [-0.05, 0) is 42.3 Å². The summed E-state index contributed by atoms with van der Waals surface area (Å²) in [6.45, 7) is 1.93. The van der Waals surface area contributed by atoms with Crippen molar-refractivity contribution < 1.29 is 14.3 Å². The van der Waals surface area contributed by atoms with Crippen LogP contribution in [0.5, 0.6) is 5.75 Å². The fraction of sp³-hybridized carbons (Fsp3) is 0.143. The van der Waals surface area contributed by atoms with Crippen LogP contribution in [0.2, 0.25) is 0 Å². The molecule has 1 heterocycles. The standard InChI is InChI=1S/C21H19NO3/c1-15-11-12-17(14-19(15)24-2)21(23)25-20(16-8-4-3-5-9-16)18-10-6-7-13-22-18/h3-14,20H,1-2H3. The maximum absolute atomic E-state index is 12.7. The van der Waals surface area contributed by atoms with Gasteiger partial charge in [-0.25, -0.2) is 4.79 Å². The van der Waals surface area contributed by atoms with Crippen LogP contribution in [0.15, 0.2) is 72.9 Å². The molecule has 0 radical (unpaired) electrons. The molecule has 0 bridgehead atoms. The van der Waals surface area contributed by atoms with Gasteiger partial charge in [-0.1, -0.05) is 42.5 Å². The SMILES string of the molecule is COc1cc(C(=O)OC(c2ccccc2)c2ccccn2)ccc1C. The van der Waals surface area contributed by atoms with Crippen LogP contribution in [0.3, 0.4) is 0 Å². The zero-order valence-electron chi connectivity index (χ0n) is 14.2. The van der Waals surface area contributed by atoms with E-state index >= 15 is 0 Å². The fourth-order valence-corrected chi connectivity index (χ4v) is 2.58. The summed E-state index contributed by atoms with van der Waals surface area (Å²) < 4.78 is 11.1. The Balaban J connectivity index is 1.92. The molecule has 1 atom stereocenters. The number of benzene rings is 2. The van der Waals surface area contributed by atoms with E-state index in [1.807, 2.05) is 61.5 Å². The lowest BCUT2D eigenvalue weighted by atomic mass is 10.1. The predicted molar refractivity (Wildman–Crippen MR) is 95.7 cm³/mol. The summed E-state index contributed by atoms with van der Waals surface area (Å²) >= 11 is 0. The number of hydrogen-bond donors (Lipinski definition) is 0. The molecule has 0 spiro atoms. The average Bonchev–Trinajstić information content (AvgIpc) is 2.67. The van der Waals surface area contributed by atoms with Gasteiger partial charge < -0.3 is 9.47 Å². The van der Waals surface area contributed by atoms with Crippen molar-refractivity contribution in [3.05, 3.63) is 95.3 Å². The van der Waals surface area contributed by atoms with E-state index in [1.165, 1.54) is 0 Å². The summed E-state index contributed by atoms with van der Waals surface area (Å²) in [5.74, 6) is 0.237. The average molecular weight is 333 g/mol. The molecule has 0 aliphatic carbocycles. The number of aromatic nitrogens is 1. The first-order chi connectivity index (χ1) is 12.2. The minimum atomic E-state index is -0.567. The Morgan fingerprint density at radius 1 is 1.00 bits per heavy atom. The van der Waals surface area contributed by atoms with Crippen molar-refractivity contribution in [1.29, 1.82) is 0 Å². The first-order valence-electron chi connectivity index (χ1n) is 8.00. The molecule has 3 rings (SSSR count). The molecule has 0 N–H and O–H groups in total. The Bertz CT molecular complexity index is 808. The van der Waals surface area contributed by atoms with E-state index in [9.17, 15) is 4.79 Å². The molecule has 1 aromatic heterocycles. The van der Waals surface area contributed by atoms with Gasteiger partial charge in [0.1, 0.15) is 5.75 Å². The molecule has 0 amide bonds. The number of pyridine rings is 1. The van der Waals surface area contributed by atoms with Crippen molar-refractivity contribution in [2.45, 2.75) is 13.0 Å². The Morgan fingerprint density at radius 2 is 1.76 bits per heavy atom. The Labute approximate surface area is 147 Å². The second kappa shape index (κ2) is 7.62. The van der Waals surface area contributed by atoms with Gasteiger partial charge in [0.2, 0.25) is 0 Å². The van der Waals surface area contributed by atoms with Gasteiger partial charge in [-0.3, -0.25) is 4.98 Å². The van der Waals surface area contributed by atoms with Crippen molar-refractivity contribution in [3.8, 4) is 5.75 Å². The summed E-state index contributed by atoms with van der Waals surface area (Å²) in [6.07, 6.45) is 1.12. The van der Waals surface area contributed by atoms with Crippen LogP contribution in [0.1, 0.15) is 33.3 Å². The zero-order chi connectivity index (χ0) is 17.6. The molecule has 0 fully saturated rings. The van der Waals surface area contributed by atoms with Crippen molar-refractivity contribution in [2.24, 2.45) is 0 Å². The third kappa shape index (κ3) is 3.86. The second-order valence-corrected chi connectivity index (χ2v) is 5.64. The molecule has 0 saturated heterocycles. The molecule has 4 heteroatoms. The van der Waals surface area contributed by atoms with Gasteiger partial charge in [0.25, 0.3) is 0 Å². The fourth-order valence-electron chi connectivity index (χ4n) is 2.58. The molecule has 25 heavy (non-hydrogen) atoms. The third-order valence-electron chi connectivity index (χ3n) is 3.93. The summed E-state index contributed by atoms with van der Waals surface area (Å²) in [6, 6.07) is 20.4. The van der Waals surface area contributed by atoms with E-state index in [-0.39, 0.29) is 0 Å². The number of esters is 1. The Morgan fingerprint density at radius 3 is 2.44 bits per heavy atom. The number of carbonyl (C=O) groups excluding carboxylic acids is 1. The minimum absolute atomic E-state index is 0.419. The number of nitrogens with zero attached hydrogens (tertiary/aromatic N) is 1. The van der Waals surface area contributed by atoms with Crippen LogP contribution in [0.4, 0.5) is 0 Å². The number of rotatable bonds is 5. The highest BCUT2D eigenvalue weighted by molar-refractivity contribution is 5.90. The van der Waals surface area contributed by atoms with E-state index in [0.29, 0.717) is 17.0 Å². The maximum atomic E-state index is 12.7. The molecule has 3 aromatic rings. The molecule has 0 aliphatic rings. The summed E-state index contributed by atoms with van der Waals surface area (Å²) in [5, 5.41) is 0. The molecule has 0 saturated carbocycles. The number of methoxy groups -OCH3 is 1. The molecular weight excluding hydrogens is 314 g/mol. The molecular formula is C21H19NO3. The first-order valence-corrected chi connectivity index (χ1v) is 8.00. The largest absolute Gasteiger partial charge is 0.496 e. The van der Waals surface area contributed by atoms with E-state index in [4.69, 9.17) is 9.47 Å². The highest BCUT2D eigenvalue weighted by Gasteiger charge is 2.21. The number of aryl methyl sites for hydroxylation is 1. The molecule has 0 aliphatic heterocycles. The molecule has 1 unspecified atom stereocenters. The van der Waals surface area contributed by atoms with Gasteiger partial charge in [0, 0.05) is 6.20 Å². The summed E-state index contributed by atoms with van der Waals surface area (Å²) in [5.41, 5.74) is 2.96. The smallest absolute Gasteiger partial charge is 0.339 e. The summed E-state index contributed by atoms with van der Waals surface area (Å²) in [4.78, 5) is 17.0. The normalized spacial score (nSPS) is 11.6. The maximum Gasteiger partial charge on any atom is 0.339 e. The van der Waals surface area contributed by atoms with Gasteiger partial charge >= 0.3 is 5.97 Å². The zero-order valence-corrected chi connectivity index (χ0v) is 14.2. The molecule has 2 aromatic carbocycles. The van der Waals surface area contributed by atoms with Crippen LogP contribution in [0.25, 0.3) is 0 Å².